The molecule has 1 unspecified atom stereocenters. The van der Waals surface area contributed by atoms with Gasteiger partial charge in [-0.05, 0) is 30.7 Å². The summed E-state index contributed by atoms with van der Waals surface area (Å²) >= 11 is 7.30. The Morgan fingerprint density at radius 2 is 2.17 bits per heavy atom. The molecule has 0 saturated carbocycles. The highest BCUT2D eigenvalue weighted by Crippen LogP contribution is 2.32. The van der Waals surface area contributed by atoms with Gasteiger partial charge in [-0.3, -0.25) is 4.98 Å². The molecular formula is C13H13ClFNOS. The maximum Gasteiger partial charge on any atom is 0.141 e. The van der Waals surface area contributed by atoms with Crippen LogP contribution >= 0.6 is 22.9 Å². The monoisotopic (exact) mass is 285 g/mol. The molecule has 0 aliphatic rings. The van der Waals surface area contributed by atoms with Crippen LogP contribution in [0.2, 0.25) is 4.34 Å². The number of hydrogen-bond donors (Lipinski definition) is 1. The summed E-state index contributed by atoms with van der Waals surface area (Å²) in [5.41, 5.74) is -0.599. The van der Waals surface area contributed by atoms with E-state index in [1.807, 2.05) is 13.0 Å². The first kappa shape index (κ1) is 13.5. The molecule has 0 radical (unpaired) electrons. The quantitative estimate of drug-likeness (QED) is 0.927. The second-order valence-corrected chi connectivity index (χ2v) is 5.93. The van der Waals surface area contributed by atoms with Crippen molar-refractivity contribution >= 4 is 22.9 Å². The number of thiophene rings is 1. The smallest absolute Gasteiger partial charge is 0.141 e. The molecule has 0 aromatic carbocycles. The van der Waals surface area contributed by atoms with Gasteiger partial charge >= 0.3 is 0 Å². The highest BCUT2D eigenvalue weighted by Gasteiger charge is 2.29. The third-order valence-corrected chi connectivity index (χ3v) is 4.12. The summed E-state index contributed by atoms with van der Waals surface area (Å²) in [5.74, 6) is -0.406. The summed E-state index contributed by atoms with van der Waals surface area (Å²) in [6.45, 7) is 1.88. The normalized spacial score (nSPS) is 14.4. The van der Waals surface area contributed by atoms with Gasteiger partial charge in [-0.1, -0.05) is 18.5 Å². The van der Waals surface area contributed by atoms with E-state index in [2.05, 4.69) is 4.98 Å². The van der Waals surface area contributed by atoms with Crippen LogP contribution in [0, 0.1) is 5.82 Å². The highest BCUT2D eigenvalue weighted by atomic mass is 35.5. The summed E-state index contributed by atoms with van der Waals surface area (Å²) in [6.07, 6.45) is 2.05. The van der Waals surface area contributed by atoms with Crippen molar-refractivity contribution in [3.8, 4) is 0 Å². The van der Waals surface area contributed by atoms with Gasteiger partial charge in [-0.25, -0.2) is 4.39 Å². The van der Waals surface area contributed by atoms with Crippen molar-refractivity contribution in [2.75, 3.05) is 0 Å². The lowest BCUT2D eigenvalue weighted by molar-refractivity contribution is 0.0290. The van der Waals surface area contributed by atoms with Gasteiger partial charge in [0.1, 0.15) is 11.4 Å². The minimum atomic E-state index is -1.08. The summed E-state index contributed by atoms with van der Waals surface area (Å²) in [5, 5.41) is 10.6. The topological polar surface area (TPSA) is 33.1 Å². The van der Waals surface area contributed by atoms with Gasteiger partial charge in [0.05, 0.1) is 16.2 Å². The van der Waals surface area contributed by atoms with E-state index in [4.69, 9.17) is 11.6 Å². The Morgan fingerprint density at radius 1 is 1.39 bits per heavy atom. The van der Waals surface area contributed by atoms with Crippen molar-refractivity contribution in [3.05, 3.63) is 51.2 Å². The maximum atomic E-state index is 12.8. The zero-order chi connectivity index (χ0) is 13.2. The lowest BCUT2D eigenvalue weighted by atomic mass is 9.91. The summed E-state index contributed by atoms with van der Waals surface area (Å²) in [4.78, 5) is 4.95. The number of aromatic nitrogens is 1. The zero-order valence-corrected chi connectivity index (χ0v) is 11.4. The molecule has 0 aliphatic carbocycles. The van der Waals surface area contributed by atoms with Crippen LogP contribution in [-0.2, 0) is 12.0 Å². The summed E-state index contributed by atoms with van der Waals surface area (Å²) in [6, 6.07) is 6.52. The average Bonchev–Trinajstić information content (AvgIpc) is 2.75. The van der Waals surface area contributed by atoms with Gasteiger partial charge in [-0.15, -0.1) is 11.3 Å². The Labute approximate surface area is 114 Å². The van der Waals surface area contributed by atoms with Crippen molar-refractivity contribution in [2.24, 2.45) is 0 Å². The fraction of sp³-hybridized carbons (Fsp3) is 0.308. The average molecular weight is 286 g/mol. The first-order chi connectivity index (χ1) is 8.53. The van der Waals surface area contributed by atoms with E-state index in [9.17, 15) is 9.50 Å². The maximum absolute atomic E-state index is 12.8. The first-order valence-electron chi connectivity index (χ1n) is 5.62. The fourth-order valence-electron chi connectivity index (χ4n) is 1.78. The Kier molecular flexibility index (Phi) is 4.00. The third kappa shape index (κ3) is 2.88. The molecule has 2 nitrogen and oxygen atoms in total. The van der Waals surface area contributed by atoms with Crippen LogP contribution in [0.5, 0.6) is 0 Å². The molecule has 5 heteroatoms. The van der Waals surface area contributed by atoms with Gasteiger partial charge in [0, 0.05) is 11.3 Å². The van der Waals surface area contributed by atoms with E-state index >= 15 is 0 Å². The molecule has 2 heterocycles. The standard InChI is InChI=1S/C13H13ClFNOS/c1-2-13(17,7-10-4-6-12(14)18-10)11-5-3-9(15)8-16-11/h3-6,8,17H,2,7H2,1H3. The van der Waals surface area contributed by atoms with Gasteiger partial charge in [0.15, 0.2) is 0 Å². The molecule has 0 spiro atoms. The lowest BCUT2D eigenvalue weighted by Crippen LogP contribution is -2.28. The first-order valence-corrected chi connectivity index (χ1v) is 6.81. The fourth-order valence-corrected chi connectivity index (χ4v) is 2.98. The van der Waals surface area contributed by atoms with E-state index in [-0.39, 0.29) is 0 Å². The SMILES string of the molecule is CCC(O)(Cc1ccc(Cl)s1)c1ccc(F)cn1. The van der Waals surface area contributed by atoms with Crippen LogP contribution in [0.1, 0.15) is 23.9 Å². The molecule has 2 aromatic rings. The van der Waals surface area contributed by atoms with Crippen molar-refractivity contribution in [1.29, 1.82) is 0 Å². The van der Waals surface area contributed by atoms with Crippen LogP contribution in [0.3, 0.4) is 0 Å². The molecule has 0 aliphatic heterocycles. The molecule has 18 heavy (non-hydrogen) atoms. The summed E-state index contributed by atoms with van der Waals surface area (Å²) in [7, 11) is 0. The van der Waals surface area contributed by atoms with E-state index < -0.39 is 11.4 Å². The number of halogens is 2. The van der Waals surface area contributed by atoms with Crippen LogP contribution in [0.25, 0.3) is 0 Å². The molecule has 2 aromatic heterocycles. The molecular weight excluding hydrogens is 273 g/mol. The van der Waals surface area contributed by atoms with Crippen molar-refractivity contribution < 1.29 is 9.50 Å². The van der Waals surface area contributed by atoms with Crippen LogP contribution in [0.4, 0.5) is 4.39 Å². The second kappa shape index (κ2) is 5.34. The molecule has 2 rings (SSSR count). The summed E-state index contributed by atoms with van der Waals surface area (Å²) < 4.78 is 13.5. The number of nitrogens with zero attached hydrogens (tertiary/aromatic N) is 1. The number of pyridine rings is 1. The van der Waals surface area contributed by atoms with Crippen molar-refractivity contribution in [3.63, 3.8) is 0 Å². The second-order valence-electron chi connectivity index (χ2n) is 4.13. The third-order valence-electron chi connectivity index (χ3n) is 2.88. The Balaban J connectivity index is 2.27. The van der Waals surface area contributed by atoms with E-state index in [1.54, 1.807) is 6.07 Å². The number of hydrogen-bond acceptors (Lipinski definition) is 3. The van der Waals surface area contributed by atoms with Crippen LogP contribution < -0.4 is 0 Å². The minimum Gasteiger partial charge on any atom is -0.383 e. The molecule has 96 valence electrons. The van der Waals surface area contributed by atoms with Crippen LogP contribution in [0.15, 0.2) is 30.5 Å². The Morgan fingerprint density at radius 3 is 2.67 bits per heavy atom. The van der Waals surface area contributed by atoms with Crippen molar-refractivity contribution in [2.45, 2.75) is 25.4 Å². The predicted molar refractivity (Wildman–Crippen MR) is 71.4 cm³/mol. The molecule has 0 fully saturated rings. The van der Waals surface area contributed by atoms with E-state index in [0.717, 1.165) is 11.1 Å². The van der Waals surface area contributed by atoms with Gasteiger partial charge in [0.25, 0.3) is 0 Å². The minimum absolute atomic E-state index is 0.406. The van der Waals surface area contributed by atoms with E-state index in [1.165, 1.54) is 23.5 Å². The highest BCUT2D eigenvalue weighted by molar-refractivity contribution is 7.16. The number of rotatable bonds is 4. The molecule has 1 atom stereocenters. The molecule has 0 saturated heterocycles. The van der Waals surface area contributed by atoms with Crippen LogP contribution in [-0.4, -0.2) is 10.1 Å². The Bertz CT molecular complexity index is 528. The predicted octanol–water partition coefficient (Wildman–Crippen LogP) is 3.78. The van der Waals surface area contributed by atoms with E-state index in [0.29, 0.717) is 22.9 Å². The zero-order valence-electron chi connectivity index (χ0n) is 9.86. The van der Waals surface area contributed by atoms with Gasteiger partial charge in [0.2, 0.25) is 0 Å². The number of aliphatic hydroxyl groups is 1. The molecule has 0 amide bonds. The Hall–Kier alpha value is -0.970. The molecule has 1 N–H and O–H groups in total. The van der Waals surface area contributed by atoms with Gasteiger partial charge in [-0.2, -0.15) is 0 Å². The largest absolute Gasteiger partial charge is 0.383 e. The lowest BCUT2D eigenvalue weighted by Gasteiger charge is -2.25. The molecule has 0 bridgehead atoms. The van der Waals surface area contributed by atoms with Crippen molar-refractivity contribution in [1.82, 2.24) is 4.98 Å². The van der Waals surface area contributed by atoms with Gasteiger partial charge < -0.3 is 5.11 Å².